The van der Waals surface area contributed by atoms with E-state index in [1.54, 1.807) is 31.2 Å². The van der Waals surface area contributed by atoms with Crippen LogP contribution in [0.4, 0.5) is 0 Å². The molecule has 15 heteroatoms. The second-order valence-electron chi connectivity index (χ2n) is 9.33. The van der Waals surface area contributed by atoms with Crippen LogP contribution in [0.25, 0.3) is 0 Å². The summed E-state index contributed by atoms with van der Waals surface area (Å²) in [6, 6.07) is 5.44. The molecule has 2 aromatic rings. The third kappa shape index (κ3) is 10.6. The lowest BCUT2D eigenvalue weighted by Gasteiger charge is -2.31. The van der Waals surface area contributed by atoms with E-state index in [1.165, 1.54) is 27.3 Å². The minimum absolute atomic E-state index is 0.0837. The smallest absolute Gasteiger partial charge is 0.321 e. The Balaban J connectivity index is 2.27. The second kappa shape index (κ2) is 17.5. The summed E-state index contributed by atoms with van der Waals surface area (Å²) in [5.41, 5.74) is -0.841. The van der Waals surface area contributed by atoms with E-state index in [4.69, 9.17) is 25.8 Å². The average Bonchev–Trinajstić information content (AvgIpc) is 3.42. The number of benzene rings is 1. The molecule has 12 nitrogen and oxygen atoms in total. The molecule has 4 atom stereocenters. The first-order chi connectivity index (χ1) is 20.0. The van der Waals surface area contributed by atoms with Gasteiger partial charge in [-0.2, -0.15) is 0 Å². The zero-order valence-corrected chi connectivity index (χ0v) is 27.3. The lowest BCUT2D eigenvalue weighted by atomic mass is 9.92. The molecule has 42 heavy (non-hydrogen) atoms. The summed E-state index contributed by atoms with van der Waals surface area (Å²) in [5.74, 6) is -3.73. The quantitative estimate of drug-likeness (QED) is 0.125. The fourth-order valence-electron chi connectivity index (χ4n) is 3.79. The first kappa shape index (κ1) is 35.5. The number of aryl methyl sites for hydroxylation is 1. The van der Waals surface area contributed by atoms with Gasteiger partial charge in [0.25, 0.3) is 5.91 Å². The summed E-state index contributed by atoms with van der Waals surface area (Å²) >= 11 is 8.69. The number of rotatable bonds is 17. The number of hydrogen-bond acceptors (Lipinski definition) is 10. The Hall–Kier alpha value is -2.66. The van der Waals surface area contributed by atoms with Gasteiger partial charge in [0.15, 0.2) is 11.4 Å². The van der Waals surface area contributed by atoms with Gasteiger partial charge in [-0.1, -0.05) is 52.9 Å². The van der Waals surface area contributed by atoms with Gasteiger partial charge in [-0.05, 0) is 25.8 Å². The summed E-state index contributed by atoms with van der Waals surface area (Å²) in [6.45, 7) is 2.78. The van der Waals surface area contributed by atoms with Crippen LogP contribution < -0.4 is 16.0 Å². The van der Waals surface area contributed by atoms with Crippen LogP contribution in [0.2, 0.25) is 0 Å². The minimum atomic E-state index is -1.58. The maximum absolute atomic E-state index is 13.7. The molecule has 1 aromatic heterocycles. The highest BCUT2D eigenvalue weighted by Gasteiger charge is 2.42. The summed E-state index contributed by atoms with van der Waals surface area (Å²) < 4.78 is 15.7. The zero-order chi connectivity index (χ0) is 31.3. The molecule has 1 aromatic carbocycles. The first-order valence-corrected chi connectivity index (χ1v) is 15.6. The number of halogens is 2. The van der Waals surface area contributed by atoms with E-state index in [0.29, 0.717) is 9.88 Å². The van der Waals surface area contributed by atoms with Crippen molar-refractivity contribution in [2.45, 2.75) is 44.0 Å². The topological polar surface area (TPSA) is 162 Å². The van der Waals surface area contributed by atoms with Crippen molar-refractivity contribution >= 4 is 75.0 Å². The summed E-state index contributed by atoms with van der Waals surface area (Å²) in [5, 5.41) is 8.52. The second-order valence-corrected chi connectivity index (χ2v) is 11.6. The maximum atomic E-state index is 13.7. The standard InChI is InChI=1S/C27H34ClIN4O8S/c1-16-30-12-21(42-16)26(38)33-20(14-40-4)25(37)32-19(13-39-3)24(36)31-18(10-17-8-6-5-7-9-17)23(35)27(2,15-29)41-22(34)11-28/h5-9,12,18-20H,10-11,13-15H2,1-4H3,(H,31,36)(H,32,37)(H,33,38)/t18-,19-,20-,27+/m0/s1. The van der Waals surface area contributed by atoms with Gasteiger partial charge in [0.2, 0.25) is 11.8 Å². The Bertz CT molecular complexity index is 1230. The molecular weight excluding hydrogens is 703 g/mol. The van der Waals surface area contributed by atoms with Crippen LogP contribution in [-0.4, -0.2) is 95.9 Å². The average molecular weight is 737 g/mol. The number of amides is 3. The third-order valence-electron chi connectivity index (χ3n) is 5.91. The number of nitrogens with one attached hydrogen (secondary N) is 3. The van der Waals surface area contributed by atoms with E-state index in [-0.39, 0.29) is 24.1 Å². The van der Waals surface area contributed by atoms with E-state index >= 15 is 0 Å². The van der Waals surface area contributed by atoms with Crippen molar-refractivity contribution in [3.05, 3.63) is 52.0 Å². The molecule has 230 valence electrons. The largest absolute Gasteiger partial charge is 0.450 e. The lowest BCUT2D eigenvalue weighted by molar-refractivity contribution is -0.161. The number of alkyl halides is 2. The highest BCUT2D eigenvalue weighted by atomic mass is 127. The molecule has 0 fully saturated rings. The van der Waals surface area contributed by atoms with E-state index in [1.807, 2.05) is 28.7 Å². The summed E-state index contributed by atoms with van der Waals surface area (Å²) in [7, 11) is 2.71. The number of aromatic nitrogens is 1. The molecule has 3 amide bonds. The van der Waals surface area contributed by atoms with Gasteiger partial charge in [0.1, 0.15) is 22.8 Å². The van der Waals surface area contributed by atoms with Crippen LogP contribution in [0.15, 0.2) is 36.5 Å². The predicted molar refractivity (Wildman–Crippen MR) is 165 cm³/mol. The first-order valence-electron chi connectivity index (χ1n) is 12.7. The van der Waals surface area contributed by atoms with Crippen LogP contribution in [0, 0.1) is 6.92 Å². The van der Waals surface area contributed by atoms with Crippen molar-refractivity contribution in [1.29, 1.82) is 0 Å². The van der Waals surface area contributed by atoms with E-state index < -0.39 is 59.1 Å². The number of ether oxygens (including phenoxy) is 3. The van der Waals surface area contributed by atoms with Crippen molar-refractivity contribution in [2.75, 3.05) is 37.7 Å². The highest BCUT2D eigenvalue weighted by Crippen LogP contribution is 2.21. The van der Waals surface area contributed by atoms with Gasteiger partial charge >= 0.3 is 5.97 Å². The van der Waals surface area contributed by atoms with Gasteiger partial charge in [0, 0.05) is 18.6 Å². The molecule has 0 bridgehead atoms. The van der Waals surface area contributed by atoms with Gasteiger partial charge in [-0.3, -0.25) is 24.0 Å². The number of methoxy groups -OCH3 is 2. The number of carbonyl (C=O) groups is 5. The van der Waals surface area contributed by atoms with Gasteiger partial charge in [-0.25, -0.2) is 4.98 Å². The van der Waals surface area contributed by atoms with Gasteiger partial charge in [-0.15, -0.1) is 22.9 Å². The number of nitrogens with zero attached hydrogens (tertiary/aromatic N) is 1. The molecule has 0 aliphatic rings. The Morgan fingerprint density at radius 1 is 0.976 bits per heavy atom. The molecule has 0 aliphatic heterocycles. The van der Waals surface area contributed by atoms with Crippen molar-refractivity contribution in [1.82, 2.24) is 20.9 Å². The lowest BCUT2D eigenvalue weighted by Crippen LogP contribution is -2.60. The molecule has 0 saturated heterocycles. The van der Waals surface area contributed by atoms with Gasteiger partial charge in [0.05, 0.1) is 30.5 Å². The maximum Gasteiger partial charge on any atom is 0.321 e. The molecule has 1 heterocycles. The predicted octanol–water partition coefficient (Wildman–Crippen LogP) is 1.60. The Labute approximate surface area is 266 Å². The normalized spacial score (nSPS) is 14.5. The van der Waals surface area contributed by atoms with E-state index in [2.05, 4.69) is 20.9 Å². The number of thiazole rings is 1. The Kier molecular flexibility index (Phi) is 14.8. The molecule has 0 spiro atoms. The molecule has 3 N–H and O–H groups in total. The molecule has 0 aliphatic carbocycles. The van der Waals surface area contributed by atoms with Crippen LogP contribution in [0.1, 0.15) is 27.2 Å². The van der Waals surface area contributed by atoms with Crippen molar-refractivity contribution in [3.8, 4) is 0 Å². The molecular formula is C27H34ClIN4O8S. The number of ketones is 1. The molecule has 0 radical (unpaired) electrons. The van der Waals surface area contributed by atoms with E-state index in [9.17, 15) is 24.0 Å². The zero-order valence-electron chi connectivity index (χ0n) is 23.6. The number of hydrogen-bond donors (Lipinski definition) is 3. The number of Topliss-reactive ketones (excluding diaryl/α,β-unsaturated/α-hetero) is 1. The van der Waals surface area contributed by atoms with Gasteiger partial charge < -0.3 is 30.2 Å². The third-order valence-corrected chi connectivity index (χ3v) is 8.49. The van der Waals surface area contributed by atoms with Crippen molar-refractivity contribution in [3.63, 3.8) is 0 Å². The molecule has 2 rings (SSSR count). The number of carbonyl (C=O) groups excluding carboxylic acids is 5. The van der Waals surface area contributed by atoms with Crippen molar-refractivity contribution in [2.24, 2.45) is 0 Å². The SMILES string of the molecule is COC[C@H](NC(=O)c1cnc(C)s1)C(=O)N[C@@H](COC)C(=O)N[C@@H](Cc1ccccc1)C(=O)[C@@](C)(CI)OC(=O)CCl. The number of esters is 1. The summed E-state index contributed by atoms with van der Waals surface area (Å²) in [4.78, 5) is 69.4. The highest BCUT2D eigenvalue weighted by molar-refractivity contribution is 14.1. The molecule has 0 saturated carbocycles. The molecule has 0 unspecified atom stereocenters. The van der Waals surface area contributed by atoms with Crippen LogP contribution in [-0.2, 0) is 39.8 Å². The van der Waals surface area contributed by atoms with E-state index in [0.717, 1.165) is 16.9 Å². The van der Waals surface area contributed by atoms with Crippen LogP contribution >= 0.6 is 45.5 Å². The van der Waals surface area contributed by atoms with Crippen LogP contribution in [0.5, 0.6) is 0 Å². The monoisotopic (exact) mass is 736 g/mol. The Morgan fingerprint density at radius 2 is 1.55 bits per heavy atom. The minimum Gasteiger partial charge on any atom is -0.450 e. The fraction of sp³-hybridized carbons (Fsp3) is 0.481. The summed E-state index contributed by atoms with van der Waals surface area (Å²) in [6.07, 6.45) is 1.48. The van der Waals surface area contributed by atoms with Crippen molar-refractivity contribution < 1.29 is 38.2 Å². The Morgan fingerprint density at radius 3 is 2.05 bits per heavy atom. The fourth-order valence-corrected chi connectivity index (χ4v) is 5.06. The van der Waals surface area contributed by atoms with Crippen LogP contribution in [0.3, 0.4) is 0 Å².